The van der Waals surface area contributed by atoms with E-state index in [0.29, 0.717) is 18.4 Å². The maximum Gasteiger partial charge on any atom is 0.255 e. The van der Waals surface area contributed by atoms with Crippen molar-refractivity contribution in [2.24, 2.45) is 0 Å². The number of hydrogen-bond donors (Lipinski definition) is 3. The summed E-state index contributed by atoms with van der Waals surface area (Å²) in [4.78, 5) is 23.4. The van der Waals surface area contributed by atoms with E-state index in [9.17, 15) is 14.7 Å². The molecule has 0 heterocycles. The third-order valence-corrected chi connectivity index (χ3v) is 4.12. The largest absolute Gasteiger partial charge is 0.506 e. The summed E-state index contributed by atoms with van der Waals surface area (Å²) in [6.07, 6.45) is 0.653. The van der Waals surface area contributed by atoms with Crippen molar-refractivity contribution in [3.05, 3.63) is 71.8 Å². The number of rotatable bonds is 5. The summed E-state index contributed by atoms with van der Waals surface area (Å²) in [6, 6.07) is 18.3. The van der Waals surface area contributed by atoms with Crippen LogP contribution in [0.5, 0.6) is 5.75 Å². The number of aromatic hydroxyl groups is 1. The molecule has 2 amide bonds. The summed E-state index contributed by atoms with van der Waals surface area (Å²) in [5.41, 5.74) is 2.05. The van der Waals surface area contributed by atoms with Crippen molar-refractivity contribution < 1.29 is 14.7 Å². The highest BCUT2D eigenvalue weighted by Crippen LogP contribution is 2.28. The minimum atomic E-state index is -0.303. The van der Waals surface area contributed by atoms with Gasteiger partial charge >= 0.3 is 0 Å². The second-order valence-corrected chi connectivity index (χ2v) is 6.07. The van der Waals surface area contributed by atoms with Crippen molar-refractivity contribution in [1.82, 2.24) is 5.32 Å². The Hall–Kier alpha value is -3.34. The molecule has 0 atom stereocenters. The van der Waals surface area contributed by atoms with Crippen LogP contribution < -0.4 is 10.6 Å². The number of carbonyl (C=O) groups excluding carboxylic acids is 2. The average molecular weight is 348 g/mol. The van der Waals surface area contributed by atoms with E-state index in [1.807, 2.05) is 48.5 Å². The normalized spacial score (nSPS) is 10.5. The molecule has 0 aromatic heterocycles. The third kappa shape index (κ3) is 4.00. The summed E-state index contributed by atoms with van der Waals surface area (Å²) in [7, 11) is 0. The molecule has 0 radical (unpaired) electrons. The van der Waals surface area contributed by atoms with E-state index in [0.717, 1.165) is 16.6 Å². The van der Waals surface area contributed by atoms with Gasteiger partial charge in [0.15, 0.2) is 0 Å². The van der Waals surface area contributed by atoms with Crippen molar-refractivity contribution in [3.63, 3.8) is 0 Å². The highest BCUT2D eigenvalue weighted by Gasteiger charge is 2.13. The van der Waals surface area contributed by atoms with E-state index in [2.05, 4.69) is 10.6 Å². The van der Waals surface area contributed by atoms with Crippen molar-refractivity contribution in [3.8, 4) is 5.75 Å². The Morgan fingerprint density at radius 1 is 0.962 bits per heavy atom. The van der Waals surface area contributed by atoms with Gasteiger partial charge in [-0.2, -0.15) is 0 Å². The monoisotopic (exact) mass is 348 g/mol. The first-order valence-corrected chi connectivity index (χ1v) is 8.40. The summed E-state index contributed by atoms with van der Waals surface area (Å²) in [5.74, 6) is -0.413. The molecule has 0 aliphatic heterocycles. The highest BCUT2D eigenvalue weighted by molar-refractivity contribution is 6.03. The van der Waals surface area contributed by atoms with Crippen LogP contribution in [0.1, 0.15) is 22.8 Å². The van der Waals surface area contributed by atoms with E-state index in [4.69, 9.17) is 0 Å². The number of fused-ring (bicyclic) bond motifs is 1. The maximum absolute atomic E-state index is 12.4. The maximum atomic E-state index is 12.4. The molecule has 0 aliphatic carbocycles. The molecule has 0 spiro atoms. The van der Waals surface area contributed by atoms with Crippen LogP contribution in [-0.4, -0.2) is 23.5 Å². The standard InChI is InChI=1S/C21H20N2O3/c1-14(24)23-17-9-6-15(7-10-17)12-13-22-21(26)19-11-8-16-4-2-3-5-18(16)20(19)25/h2-11,25H,12-13H2,1H3,(H,22,26)(H,23,24). The molecule has 0 aliphatic rings. The molecule has 0 saturated carbocycles. The number of benzene rings is 3. The molecule has 3 aromatic rings. The molecule has 26 heavy (non-hydrogen) atoms. The zero-order valence-corrected chi connectivity index (χ0v) is 14.5. The molecule has 0 fully saturated rings. The number of hydrogen-bond acceptors (Lipinski definition) is 3. The molecule has 0 saturated heterocycles. The van der Waals surface area contributed by atoms with Crippen molar-refractivity contribution in [2.75, 3.05) is 11.9 Å². The van der Waals surface area contributed by atoms with E-state index in [1.54, 1.807) is 12.1 Å². The van der Waals surface area contributed by atoms with Gasteiger partial charge in [0.25, 0.3) is 5.91 Å². The number of phenols is 1. The van der Waals surface area contributed by atoms with E-state index < -0.39 is 0 Å². The Morgan fingerprint density at radius 2 is 1.69 bits per heavy atom. The zero-order chi connectivity index (χ0) is 18.5. The molecular formula is C21H20N2O3. The number of anilines is 1. The molecule has 3 rings (SSSR count). The Kier molecular flexibility index (Phi) is 5.17. The fourth-order valence-corrected chi connectivity index (χ4v) is 2.81. The van der Waals surface area contributed by atoms with Crippen molar-refractivity contribution in [2.45, 2.75) is 13.3 Å². The van der Waals surface area contributed by atoms with Crippen molar-refractivity contribution >= 4 is 28.3 Å². The van der Waals surface area contributed by atoms with Crippen LogP contribution in [0.2, 0.25) is 0 Å². The fourth-order valence-electron chi connectivity index (χ4n) is 2.81. The van der Waals surface area contributed by atoms with Crippen LogP contribution in [0.15, 0.2) is 60.7 Å². The molecule has 3 N–H and O–H groups in total. The van der Waals surface area contributed by atoms with Gasteiger partial charge in [-0.25, -0.2) is 0 Å². The first-order chi connectivity index (χ1) is 12.5. The van der Waals surface area contributed by atoms with Gasteiger partial charge in [0.05, 0.1) is 5.56 Å². The lowest BCUT2D eigenvalue weighted by Gasteiger charge is -2.09. The Morgan fingerprint density at radius 3 is 2.42 bits per heavy atom. The Balaban J connectivity index is 1.61. The van der Waals surface area contributed by atoms with E-state index >= 15 is 0 Å². The average Bonchev–Trinajstić information content (AvgIpc) is 2.63. The minimum Gasteiger partial charge on any atom is -0.506 e. The molecule has 5 heteroatoms. The quantitative estimate of drug-likeness (QED) is 0.660. The first-order valence-electron chi connectivity index (χ1n) is 8.40. The molecule has 0 unspecified atom stereocenters. The fraction of sp³-hybridized carbons (Fsp3) is 0.143. The van der Waals surface area contributed by atoms with Gasteiger partial charge in [-0.05, 0) is 35.6 Å². The molecule has 0 bridgehead atoms. The smallest absolute Gasteiger partial charge is 0.255 e. The number of carbonyl (C=O) groups is 2. The van der Waals surface area contributed by atoms with Crippen LogP contribution >= 0.6 is 0 Å². The summed E-state index contributed by atoms with van der Waals surface area (Å²) in [6.45, 7) is 1.91. The Labute approximate surface area is 151 Å². The Bertz CT molecular complexity index is 949. The second kappa shape index (κ2) is 7.70. The van der Waals surface area contributed by atoms with Crippen LogP contribution in [0.25, 0.3) is 10.8 Å². The van der Waals surface area contributed by atoms with Gasteiger partial charge in [0.2, 0.25) is 5.91 Å². The van der Waals surface area contributed by atoms with Gasteiger partial charge in [-0.1, -0.05) is 42.5 Å². The molecule has 3 aromatic carbocycles. The minimum absolute atomic E-state index is 0.000241. The predicted octanol–water partition coefficient (Wildman–Crippen LogP) is 3.48. The summed E-state index contributed by atoms with van der Waals surface area (Å²) >= 11 is 0. The molecular weight excluding hydrogens is 328 g/mol. The number of phenolic OH excluding ortho intramolecular Hbond substituents is 1. The third-order valence-electron chi connectivity index (χ3n) is 4.12. The van der Waals surface area contributed by atoms with Gasteiger partial charge in [0.1, 0.15) is 5.75 Å². The van der Waals surface area contributed by atoms with Crippen LogP contribution in [0, 0.1) is 0 Å². The summed E-state index contributed by atoms with van der Waals surface area (Å²) in [5, 5.41) is 17.4. The van der Waals surface area contributed by atoms with Gasteiger partial charge < -0.3 is 15.7 Å². The molecule has 132 valence electrons. The van der Waals surface area contributed by atoms with Gasteiger partial charge in [-0.15, -0.1) is 0 Å². The zero-order valence-electron chi connectivity index (χ0n) is 14.5. The lowest BCUT2D eigenvalue weighted by molar-refractivity contribution is -0.114. The lowest BCUT2D eigenvalue weighted by atomic mass is 10.0. The highest BCUT2D eigenvalue weighted by atomic mass is 16.3. The molecule has 5 nitrogen and oxygen atoms in total. The van der Waals surface area contributed by atoms with Crippen molar-refractivity contribution in [1.29, 1.82) is 0 Å². The topological polar surface area (TPSA) is 78.4 Å². The van der Waals surface area contributed by atoms with Crippen LogP contribution in [-0.2, 0) is 11.2 Å². The first kappa shape index (κ1) is 17.5. The number of amides is 2. The van der Waals surface area contributed by atoms with Gasteiger partial charge in [-0.3, -0.25) is 9.59 Å². The number of nitrogens with one attached hydrogen (secondary N) is 2. The lowest BCUT2D eigenvalue weighted by Crippen LogP contribution is -2.25. The van der Waals surface area contributed by atoms with Crippen LogP contribution in [0.4, 0.5) is 5.69 Å². The van der Waals surface area contributed by atoms with E-state index in [-0.39, 0.29) is 23.1 Å². The SMILES string of the molecule is CC(=O)Nc1ccc(CCNC(=O)c2ccc3ccccc3c2O)cc1. The van der Waals surface area contributed by atoms with Gasteiger partial charge in [0, 0.05) is 24.5 Å². The summed E-state index contributed by atoms with van der Waals surface area (Å²) < 4.78 is 0. The van der Waals surface area contributed by atoms with Crippen LogP contribution in [0.3, 0.4) is 0 Å². The second-order valence-electron chi connectivity index (χ2n) is 6.07. The predicted molar refractivity (Wildman–Crippen MR) is 102 cm³/mol. The van der Waals surface area contributed by atoms with E-state index in [1.165, 1.54) is 6.92 Å².